The van der Waals surface area contributed by atoms with E-state index in [2.05, 4.69) is 16.6 Å². The van der Waals surface area contributed by atoms with Gasteiger partial charge in [-0.1, -0.05) is 48.0 Å². The van der Waals surface area contributed by atoms with Crippen LogP contribution in [0.3, 0.4) is 0 Å². The van der Waals surface area contributed by atoms with Crippen molar-refractivity contribution in [3.63, 3.8) is 0 Å². The maximum absolute atomic E-state index is 12.6. The van der Waals surface area contributed by atoms with E-state index in [9.17, 15) is 9.59 Å². The van der Waals surface area contributed by atoms with Gasteiger partial charge in [0.15, 0.2) is 0 Å². The van der Waals surface area contributed by atoms with Crippen LogP contribution in [0.2, 0.25) is 0 Å². The third-order valence-electron chi connectivity index (χ3n) is 4.79. The van der Waals surface area contributed by atoms with Crippen molar-refractivity contribution in [2.24, 2.45) is 5.10 Å². The molecule has 0 fully saturated rings. The Balaban J connectivity index is 1.53. The number of para-hydroxylation sites is 1. The first-order chi connectivity index (χ1) is 13.0. The quantitative estimate of drug-likeness (QED) is 0.652. The number of hydrogen-bond donors (Lipinski definition) is 1. The predicted molar refractivity (Wildman–Crippen MR) is 108 cm³/mol. The van der Waals surface area contributed by atoms with Crippen molar-refractivity contribution < 1.29 is 9.59 Å². The maximum atomic E-state index is 12.6. The number of hydrogen-bond acceptors (Lipinski definition) is 3. The zero-order chi connectivity index (χ0) is 19.2. The Labute approximate surface area is 160 Å². The molecule has 1 aliphatic rings. The molecule has 5 nitrogen and oxygen atoms in total. The van der Waals surface area contributed by atoms with Crippen molar-refractivity contribution in [3.05, 3.63) is 65.2 Å². The average Bonchev–Trinajstić information content (AvgIpc) is 2.70. The molecule has 140 valence electrons. The van der Waals surface area contributed by atoms with Gasteiger partial charge in [-0.25, -0.2) is 5.43 Å². The normalized spacial score (nSPS) is 13.9. The third kappa shape index (κ3) is 4.82. The van der Waals surface area contributed by atoms with Crippen molar-refractivity contribution in [1.29, 1.82) is 0 Å². The highest BCUT2D eigenvalue weighted by Crippen LogP contribution is 2.27. The molecule has 0 radical (unpaired) electrons. The molecule has 0 unspecified atom stereocenters. The summed E-state index contributed by atoms with van der Waals surface area (Å²) in [7, 11) is 0. The van der Waals surface area contributed by atoms with Gasteiger partial charge in [0, 0.05) is 25.1 Å². The van der Waals surface area contributed by atoms with Gasteiger partial charge in [-0.15, -0.1) is 0 Å². The van der Waals surface area contributed by atoms with Crippen LogP contribution in [0.1, 0.15) is 42.9 Å². The van der Waals surface area contributed by atoms with Crippen LogP contribution >= 0.6 is 0 Å². The largest absolute Gasteiger partial charge is 0.312 e. The fourth-order valence-electron chi connectivity index (χ4n) is 3.21. The van der Waals surface area contributed by atoms with Gasteiger partial charge in [0.05, 0.1) is 5.71 Å². The minimum absolute atomic E-state index is 0.0171. The molecule has 2 amide bonds. The van der Waals surface area contributed by atoms with Crippen LogP contribution in [0.25, 0.3) is 0 Å². The molecule has 1 aliphatic heterocycles. The number of carbonyl (C=O) groups is 2. The topological polar surface area (TPSA) is 61.8 Å². The SMILES string of the molecule is C/C(=N\NC(=O)CCC(=O)N1CCCc2ccccc21)c1ccc(C)cc1. The molecular weight excluding hydrogens is 338 g/mol. The summed E-state index contributed by atoms with van der Waals surface area (Å²) in [6.45, 7) is 4.58. The highest BCUT2D eigenvalue weighted by Gasteiger charge is 2.22. The molecule has 3 rings (SSSR count). The van der Waals surface area contributed by atoms with Crippen LogP contribution in [-0.4, -0.2) is 24.1 Å². The number of carbonyl (C=O) groups excluding carboxylic acids is 2. The summed E-state index contributed by atoms with van der Waals surface area (Å²) in [5.41, 5.74) is 7.59. The molecule has 2 aromatic rings. The molecule has 0 saturated carbocycles. The molecule has 0 bridgehead atoms. The molecule has 2 aromatic carbocycles. The van der Waals surface area contributed by atoms with Gasteiger partial charge in [-0.3, -0.25) is 9.59 Å². The van der Waals surface area contributed by atoms with Gasteiger partial charge in [0.2, 0.25) is 11.8 Å². The summed E-state index contributed by atoms with van der Waals surface area (Å²) < 4.78 is 0. The van der Waals surface area contributed by atoms with E-state index in [1.54, 1.807) is 4.90 Å². The molecule has 1 heterocycles. The lowest BCUT2D eigenvalue weighted by atomic mass is 10.0. The monoisotopic (exact) mass is 363 g/mol. The van der Waals surface area contributed by atoms with E-state index in [0.29, 0.717) is 6.54 Å². The summed E-state index contributed by atoms with van der Waals surface area (Å²) in [5.74, 6) is -0.267. The van der Waals surface area contributed by atoms with Crippen molar-refractivity contribution in [1.82, 2.24) is 5.43 Å². The highest BCUT2D eigenvalue weighted by atomic mass is 16.2. The van der Waals surface area contributed by atoms with Crippen LogP contribution in [0.4, 0.5) is 5.69 Å². The van der Waals surface area contributed by atoms with E-state index in [4.69, 9.17) is 0 Å². The zero-order valence-corrected chi connectivity index (χ0v) is 15.9. The highest BCUT2D eigenvalue weighted by molar-refractivity contribution is 5.99. The van der Waals surface area contributed by atoms with E-state index in [-0.39, 0.29) is 24.7 Å². The number of fused-ring (bicyclic) bond motifs is 1. The lowest BCUT2D eigenvalue weighted by Crippen LogP contribution is -2.36. The number of benzene rings is 2. The smallest absolute Gasteiger partial charge is 0.240 e. The van der Waals surface area contributed by atoms with Crippen LogP contribution in [0.15, 0.2) is 53.6 Å². The second-order valence-electron chi connectivity index (χ2n) is 6.88. The Kier molecular flexibility index (Phi) is 6.01. The van der Waals surface area contributed by atoms with Gasteiger partial charge in [0.1, 0.15) is 0 Å². The van der Waals surface area contributed by atoms with E-state index >= 15 is 0 Å². The Morgan fingerprint density at radius 1 is 1.07 bits per heavy atom. The summed E-state index contributed by atoms with van der Waals surface area (Å²) in [5, 5.41) is 4.14. The second kappa shape index (κ2) is 8.62. The lowest BCUT2D eigenvalue weighted by molar-refractivity contribution is -0.125. The van der Waals surface area contributed by atoms with Crippen molar-refractivity contribution in [2.45, 2.75) is 39.5 Å². The number of anilines is 1. The van der Waals surface area contributed by atoms with Gasteiger partial charge in [-0.05, 0) is 43.9 Å². The zero-order valence-electron chi connectivity index (χ0n) is 15.9. The number of nitrogens with one attached hydrogen (secondary N) is 1. The molecule has 1 N–H and O–H groups in total. The van der Waals surface area contributed by atoms with E-state index in [1.807, 2.05) is 56.3 Å². The fourth-order valence-corrected chi connectivity index (χ4v) is 3.21. The Morgan fingerprint density at radius 2 is 1.81 bits per heavy atom. The van der Waals surface area contributed by atoms with Crippen molar-refractivity contribution >= 4 is 23.2 Å². The minimum Gasteiger partial charge on any atom is -0.312 e. The summed E-state index contributed by atoms with van der Waals surface area (Å²) >= 11 is 0. The van der Waals surface area contributed by atoms with Crippen LogP contribution in [0, 0.1) is 6.92 Å². The summed E-state index contributed by atoms with van der Waals surface area (Å²) in [6.07, 6.45) is 2.25. The fraction of sp³-hybridized carbons (Fsp3) is 0.318. The predicted octanol–water partition coefficient (Wildman–Crippen LogP) is 3.59. The first kappa shape index (κ1) is 18.8. The standard InChI is InChI=1S/C22H25N3O2/c1-16-9-11-18(12-10-16)17(2)23-24-21(26)13-14-22(27)25-15-5-7-19-6-3-4-8-20(19)25/h3-4,6,8-12H,5,7,13-15H2,1-2H3,(H,24,26)/b23-17+. The van der Waals surface area contributed by atoms with Crippen LogP contribution in [0.5, 0.6) is 0 Å². The molecule has 27 heavy (non-hydrogen) atoms. The van der Waals surface area contributed by atoms with Crippen molar-refractivity contribution in [2.75, 3.05) is 11.4 Å². The van der Waals surface area contributed by atoms with Gasteiger partial charge < -0.3 is 4.90 Å². The van der Waals surface area contributed by atoms with Gasteiger partial charge in [0.25, 0.3) is 0 Å². The van der Waals surface area contributed by atoms with E-state index in [1.165, 1.54) is 11.1 Å². The van der Waals surface area contributed by atoms with E-state index < -0.39 is 0 Å². The van der Waals surface area contributed by atoms with E-state index in [0.717, 1.165) is 29.8 Å². The Hall–Kier alpha value is -2.95. The minimum atomic E-state index is -0.250. The molecule has 0 aromatic heterocycles. The van der Waals surface area contributed by atoms with Crippen LogP contribution in [-0.2, 0) is 16.0 Å². The average molecular weight is 363 g/mol. The third-order valence-corrected chi connectivity index (χ3v) is 4.79. The number of amides is 2. The number of rotatable bonds is 5. The van der Waals surface area contributed by atoms with Crippen LogP contribution < -0.4 is 10.3 Å². The number of hydrazone groups is 1. The van der Waals surface area contributed by atoms with Gasteiger partial charge >= 0.3 is 0 Å². The Morgan fingerprint density at radius 3 is 2.59 bits per heavy atom. The maximum Gasteiger partial charge on any atom is 0.240 e. The molecule has 0 spiro atoms. The van der Waals surface area contributed by atoms with Gasteiger partial charge in [-0.2, -0.15) is 5.10 Å². The number of nitrogens with zero attached hydrogens (tertiary/aromatic N) is 2. The molecule has 0 aliphatic carbocycles. The molecule has 0 saturated heterocycles. The number of aryl methyl sites for hydroxylation is 2. The summed E-state index contributed by atoms with van der Waals surface area (Å²) in [6, 6.07) is 15.9. The molecular formula is C22H25N3O2. The Bertz CT molecular complexity index is 856. The molecule has 0 atom stereocenters. The first-order valence-corrected chi connectivity index (χ1v) is 9.33. The molecule has 5 heteroatoms. The lowest BCUT2D eigenvalue weighted by Gasteiger charge is -2.29. The van der Waals surface area contributed by atoms with Crippen molar-refractivity contribution in [3.8, 4) is 0 Å². The summed E-state index contributed by atoms with van der Waals surface area (Å²) in [4.78, 5) is 26.4. The second-order valence-corrected chi connectivity index (χ2v) is 6.88. The first-order valence-electron chi connectivity index (χ1n) is 9.33.